The predicted octanol–water partition coefficient (Wildman–Crippen LogP) is 2.49. The molecular weight excluding hydrogens is 274 g/mol. The minimum atomic E-state index is 0.181. The molecule has 1 aromatic carbocycles. The van der Waals surface area contributed by atoms with Gasteiger partial charge in [-0.25, -0.2) is 0 Å². The maximum Gasteiger partial charge on any atom is 0.132 e. The first-order valence-corrected chi connectivity index (χ1v) is 7.12. The second-order valence-corrected chi connectivity index (χ2v) is 5.42. The average molecular weight is 295 g/mol. The Balaban J connectivity index is 2.24. The second kappa shape index (κ2) is 6.41. The first kappa shape index (κ1) is 15.1. The van der Waals surface area contributed by atoms with Crippen molar-refractivity contribution in [3.8, 4) is 11.5 Å². The van der Waals surface area contributed by atoms with Crippen molar-refractivity contribution < 1.29 is 14.2 Å². The van der Waals surface area contributed by atoms with Crippen LogP contribution in [0.3, 0.4) is 0 Å². The summed E-state index contributed by atoms with van der Waals surface area (Å²) in [6.45, 7) is 5.74. The van der Waals surface area contributed by atoms with Crippen LogP contribution >= 0.6 is 12.2 Å². The third kappa shape index (κ3) is 3.22. The molecule has 0 radical (unpaired) electrons. The monoisotopic (exact) mass is 295 g/mol. The summed E-state index contributed by atoms with van der Waals surface area (Å²) in [5, 5.41) is 0. The summed E-state index contributed by atoms with van der Waals surface area (Å²) < 4.78 is 16.4. The molecule has 2 rings (SSSR count). The molecule has 0 saturated carbocycles. The summed E-state index contributed by atoms with van der Waals surface area (Å²) in [6, 6.07) is 5.71. The van der Waals surface area contributed by atoms with Gasteiger partial charge in [0.1, 0.15) is 16.5 Å². The van der Waals surface area contributed by atoms with Gasteiger partial charge in [0.2, 0.25) is 0 Å². The maximum absolute atomic E-state index is 5.74. The van der Waals surface area contributed by atoms with Gasteiger partial charge in [0, 0.05) is 19.2 Å². The summed E-state index contributed by atoms with van der Waals surface area (Å²) >= 11 is 5.63. The van der Waals surface area contributed by atoms with E-state index in [1.807, 2.05) is 18.2 Å². The molecule has 1 aliphatic heterocycles. The highest BCUT2D eigenvalue weighted by Crippen LogP contribution is 2.27. The first-order valence-electron chi connectivity index (χ1n) is 6.72. The van der Waals surface area contributed by atoms with E-state index >= 15 is 0 Å². The lowest BCUT2D eigenvalue weighted by atomic mass is 10.1. The number of nitrogens with zero attached hydrogens (tertiary/aromatic N) is 1. The minimum Gasteiger partial charge on any atom is -0.497 e. The number of benzene rings is 1. The quantitative estimate of drug-likeness (QED) is 0.800. The Kier molecular flexibility index (Phi) is 4.83. The first-order chi connectivity index (χ1) is 9.55. The zero-order valence-corrected chi connectivity index (χ0v) is 13.2. The molecule has 1 heterocycles. The molecule has 20 heavy (non-hydrogen) atoms. The van der Waals surface area contributed by atoms with Gasteiger partial charge >= 0.3 is 0 Å². The predicted molar refractivity (Wildman–Crippen MR) is 82.8 cm³/mol. The number of thiocarbonyl (C=S) groups is 1. The zero-order valence-electron chi connectivity index (χ0n) is 12.4. The Morgan fingerprint density at radius 3 is 2.40 bits per heavy atom. The molecule has 0 spiro atoms. The van der Waals surface area contributed by atoms with E-state index < -0.39 is 0 Å². The van der Waals surface area contributed by atoms with E-state index in [1.165, 1.54) is 0 Å². The van der Waals surface area contributed by atoms with E-state index in [2.05, 4.69) is 18.7 Å². The van der Waals surface area contributed by atoms with Crippen molar-refractivity contribution in [1.82, 2.24) is 4.90 Å². The van der Waals surface area contributed by atoms with E-state index in [9.17, 15) is 0 Å². The van der Waals surface area contributed by atoms with E-state index in [-0.39, 0.29) is 12.2 Å². The molecule has 1 fully saturated rings. The Labute approximate surface area is 125 Å². The molecule has 1 saturated heterocycles. The third-order valence-corrected chi connectivity index (χ3v) is 3.82. The number of methoxy groups -OCH3 is 2. The van der Waals surface area contributed by atoms with Crippen molar-refractivity contribution in [1.29, 1.82) is 0 Å². The van der Waals surface area contributed by atoms with Gasteiger partial charge in [-0.3, -0.25) is 0 Å². The van der Waals surface area contributed by atoms with Gasteiger partial charge in [0.15, 0.2) is 0 Å². The Morgan fingerprint density at radius 2 is 1.85 bits per heavy atom. The van der Waals surface area contributed by atoms with Crippen LogP contribution in [0.25, 0.3) is 0 Å². The molecule has 0 unspecified atom stereocenters. The summed E-state index contributed by atoms with van der Waals surface area (Å²) in [5.41, 5.74) is 0.921. The van der Waals surface area contributed by atoms with Crippen LogP contribution in [0, 0.1) is 0 Å². The molecule has 5 heteroatoms. The highest BCUT2D eigenvalue weighted by molar-refractivity contribution is 7.80. The van der Waals surface area contributed by atoms with Gasteiger partial charge < -0.3 is 19.1 Å². The molecule has 1 aromatic rings. The molecular formula is C15H21NO3S. The SMILES string of the molecule is COc1ccc(C(=S)N2C[C@@H](C)O[C@H](C)C2)c(OC)c1. The van der Waals surface area contributed by atoms with Crippen molar-refractivity contribution in [3.05, 3.63) is 23.8 Å². The van der Waals surface area contributed by atoms with Crippen LogP contribution in [0.5, 0.6) is 11.5 Å². The van der Waals surface area contributed by atoms with Crippen LogP contribution in [0.2, 0.25) is 0 Å². The van der Waals surface area contributed by atoms with Gasteiger partial charge in [-0.05, 0) is 26.0 Å². The van der Waals surface area contributed by atoms with Gasteiger partial charge in [0.25, 0.3) is 0 Å². The second-order valence-electron chi connectivity index (χ2n) is 5.03. The smallest absolute Gasteiger partial charge is 0.132 e. The van der Waals surface area contributed by atoms with Crippen molar-refractivity contribution in [3.63, 3.8) is 0 Å². The Morgan fingerprint density at radius 1 is 1.20 bits per heavy atom. The van der Waals surface area contributed by atoms with Gasteiger partial charge in [-0.2, -0.15) is 0 Å². The van der Waals surface area contributed by atoms with Crippen LogP contribution in [0.15, 0.2) is 18.2 Å². The van der Waals surface area contributed by atoms with Crippen LogP contribution in [0.4, 0.5) is 0 Å². The van der Waals surface area contributed by atoms with Gasteiger partial charge in [-0.15, -0.1) is 0 Å². The normalized spacial score (nSPS) is 22.5. The van der Waals surface area contributed by atoms with Crippen LogP contribution < -0.4 is 9.47 Å². The topological polar surface area (TPSA) is 30.9 Å². The van der Waals surface area contributed by atoms with Gasteiger partial charge in [-0.1, -0.05) is 12.2 Å². The number of rotatable bonds is 3. The fraction of sp³-hybridized carbons (Fsp3) is 0.533. The molecule has 0 aliphatic carbocycles. The standard InChI is InChI=1S/C15H21NO3S/c1-10-8-16(9-11(2)19-10)15(20)13-6-5-12(17-3)7-14(13)18-4/h5-7,10-11H,8-9H2,1-4H3/t10-,11-/m1/s1. The van der Waals surface area contributed by atoms with E-state index in [1.54, 1.807) is 14.2 Å². The summed E-state index contributed by atoms with van der Waals surface area (Å²) in [4.78, 5) is 2.98. The maximum atomic E-state index is 5.74. The minimum absolute atomic E-state index is 0.181. The number of ether oxygens (including phenoxy) is 3. The fourth-order valence-corrected chi connectivity index (χ4v) is 2.81. The molecule has 0 N–H and O–H groups in total. The van der Waals surface area contributed by atoms with Crippen LogP contribution in [-0.2, 0) is 4.74 Å². The van der Waals surface area contributed by atoms with Crippen molar-refractivity contribution in [2.24, 2.45) is 0 Å². The zero-order chi connectivity index (χ0) is 14.7. The molecule has 0 bridgehead atoms. The largest absolute Gasteiger partial charge is 0.497 e. The highest BCUT2D eigenvalue weighted by Gasteiger charge is 2.25. The fourth-order valence-electron chi connectivity index (χ4n) is 2.49. The van der Waals surface area contributed by atoms with Crippen molar-refractivity contribution >= 4 is 17.2 Å². The van der Waals surface area contributed by atoms with Crippen molar-refractivity contribution in [2.75, 3.05) is 27.3 Å². The number of morpholine rings is 1. The Bertz CT molecular complexity index is 482. The van der Waals surface area contributed by atoms with E-state index in [0.717, 1.165) is 35.1 Å². The lowest BCUT2D eigenvalue weighted by Gasteiger charge is -2.37. The number of hydrogen-bond donors (Lipinski definition) is 0. The molecule has 0 amide bonds. The highest BCUT2D eigenvalue weighted by atomic mass is 32.1. The lowest BCUT2D eigenvalue weighted by molar-refractivity contribution is -0.0472. The molecule has 4 nitrogen and oxygen atoms in total. The molecule has 1 aliphatic rings. The molecule has 0 aromatic heterocycles. The van der Waals surface area contributed by atoms with E-state index in [4.69, 9.17) is 26.4 Å². The van der Waals surface area contributed by atoms with Crippen LogP contribution in [-0.4, -0.2) is 49.4 Å². The molecule has 110 valence electrons. The summed E-state index contributed by atoms with van der Waals surface area (Å²) in [5.74, 6) is 1.50. The van der Waals surface area contributed by atoms with Crippen LogP contribution in [0.1, 0.15) is 19.4 Å². The van der Waals surface area contributed by atoms with E-state index in [0.29, 0.717) is 0 Å². The van der Waals surface area contributed by atoms with Gasteiger partial charge in [0.05, 0.1) is 32.0 Å². The summed E-state index contributed by atoms with van der Waals surface area (Å²) in [6.07, 6.45) is 0.363. The Hall–Kier alpha value is -1.33. The lowest BCUT2D eigenvalue weighted by Crippen LogP contribution is -2.47. The average Bonchev–Trinajstić information content (AvgIpc) is 2.44. The van der Waals surface area contributed by atoms with Crippen molar-refractivity contribution in [2.45, 2.75) is 26.1 Å². The summed E-state index contributed by atoms with van der Waals surface area (Å²) in [7, 11) is 3.28. The molecule has 2 atom stereocenters. The third-order valence-electron chi connectivity index (χ3n) is 3.35. The number of hydrogen-bond acceptors (Lipinski definition) is 4.